The molecular formula is C20H17F4NO3. The predicted molar refractivity (Wildman–Crippen MR) is 92.1 cm³/mol. The first-order chi connectivity index (χ1) is 13.2. The summed E-state index contributed by atoms with van der Waals surface area (Å²) in [7, 11) is 0. The summed E-state index contributed by atoms with van der Waals surface area (Å²) in [5.41, 5.74) is 0.0148. The molecule has 1 amide bonds. The van der Waals surface area contributed by atoms with E-state index in [1.165, 1.54) is 18.2 Å². The maximum atomic E-state index is 13.0. The largest absolute Gasteiger partial charge is 0.481 e. The Morgan fingerprint density at radius 1 is 1.14 bits per heavy atom. The number of amides is 1. The molecule has 28 heavy (non-hydrogen) atoms. The zero-order valence-corrected chi connectivity index (χ0v) is 14.5. The Kier molecular flexibility index (Phi) is 5.40. The quantitative estimate of drug-likeness (QED) is 0.729. The summed E-state index contributed by atoms with van der Waals surface area (Å²) in [4.78, 5) is 23.7. The van der Waals surface area contributed by atoms with E-state index in [-0.39, 0.29) is 12.5 Å². The van der Waals surface area contributed by atoms with Crippen molar-refractivity contribution in [3.63, 3.8) is 0 Å². The van der Waals surface area contributed by atoms with Gasteiger partial charge < -0.3 is 10.4 Å². The average molecular weight is 395 g/mol. The van der Waals surface area contributed by atoms with Crippen LogP contribution in [-0.2, 0) is 15.8 Å². The molecule has 8 heteroatoms. The van der Waals surface area contributed by atoms with Gasteiger partial charge in [0, 0.05) is 12.5 Å². The number of carboxylic acids is 1. The Labute approximate surface area is 158 Å². The van der Waals surface area contributed by atoms with Crippen molar-refractivity contribution in [2.45, 2.75) is 24.4 Å². The molecule has 0 radical (unpaired) electrons. The van der Waals surface area contributed by atoms with Crippen molar-refractivity contribution < 1.29 is 32.3 Å². The van der Waals surface area contributed by atoms with Gasteiger partial charge >= 0.3 is 12.1 Å². The van der Waals surface area contributed by atoms with Crippen LogP contribution in [0.2, 0.25) is 0 Å². The molecule has 3 unspecified atom stereocenters. The zero-order chi connectivity index (χ0) is 20.5. The highest BCUT2D eigenvalue weighted by atomic mass is 19.4. The minimum absolute atomic E-state index is 0.189. The number of carbonyl (C=O) groups excluding carboxylic acids is 1. The molecule has 3 atom stereocenters. The van der Waals surface area contributed by atoms with Gasteiger partial charge in [0.15, 0.2) is 0 Å². The molecule has 148 valence electrons. The van der Waals surface area contributed by atoms with E-state index in [1.54, 1.807) is 6.07 Å². The number of hydrogen-bond donors (Lipinski definition) is 2. The van der Waals surface area contributed by atoms with Crippen LogP contribution in [0.25, 0.3) is 0 Å². The lowest BCUT2D eigenvalue weighted by molar-refractivity contribution is -0.139. The lowest BCUT2D eigenvalue weighted by atomic mass is 9.99. The number of alkyl halides is 3. The molecule has 1 fully saturated rings. The van der Waals surface area contributed by atoms with Crippen LogP contribution >= 0.6 is 0 Å². The van der Waals surface area contributed by atoms with Gasteiger partial charge in [0.05, 0.1) is 11.5 Å². The molecule has 2 N–H and O–H groups in total. The summed E-state index contributed by atoms with van der Waals surface area (Å²) in [5, 5.41) is 11.9. The lowest BCUT2D eigenvalue weighted by Crippen LogP contribution is -2.33. The second-order valence-electron chi connectivity index (χ2n) is 6.76. The standard InChI is InChI=1S/C20H17F4NO3/c21-14-6-4-11(5-7-14)17(19(27)28)10-25-18(26)16-9-15(16)12-2-1-3-13(8-12)20(22,23)24/h1-8,15-17H,9-10H2,(H,25,26)(H,27,28). The van der Waals surface area contributed by atoms with Crippen molar-refractivity contribution in [3.05, 3.63) is 71.0 Å². The average Bonchev–Trinajstić information content (AvgIpc) is 3.43. The van der Waals surface area contributed by atoms with Crippen LogP contribution in [0.4, 0.5) is 17.6 Å². The van der Waals surface area contributed by atoms with Crippen LogP contribution < -0.4 is 5.32 Å². The van der Waals surface area contributed by atoms with Gasteiger partial charge in [-0.25, -0.2) is 4.39 Å². The molecule has 4 nitrogen and oxygen atoms in total. The maximum absolute atomic E-state index is 13.0. The fourth-order valence-electron chi connectivity index (χ4n) is 3.18. The number of aliphatic carboxylic acids is 1. The van der Waals surface area contributed by atoms with Crippen LogP contribution in [0.5, 0.6) is 0 Å². The molecule has 0 aromatic heterocycles. The van der Waals surface area contributed by atoms with Gasteiger partial charge in [-0.2, -0.15) is 13.2 Å². The van der Waals surface area contributed by atoms with Crippen LogP contribution in [-0.4, -0.2) is 23.5 Å². The molecule has 3 rings (SSSR count). The molecular weight excluding hydrogens is 378 g/mol. The Morgan fingerprint density at radius 2 is 1.82 bits per heavy atom. The number of benzene rings is 2. The Balaban J connectivity index is 1.61. The number of nitrogens with one attached hydrogen (secondary N) is 1. The molecule has 0 saturated heterocycles. The zero-order valence-electron chi connectivity index (χ0n) is 14.5. The van der Waals surface area contributed by atoms with E-state index in [9.17, 15) is 32.3 Å². The highest BCUT2D eigenvalue weighted by Crippen LogP contribution is 2.48. The van der Waals surface area contributed by atoms with Crippen molar-refractivity contribution in [2.24, 2.45) is 5.92 Å². The highest BCUT2D eigenvalue weighted by molar-refractivity contribution is 5.84. The molecule has 0 heterocycles. The third kappa shape index (κ3) is 4.49. The Bertz CT molecular complexity index is 880. The van der Waals surface area contributed by atoms with Gasteiger partial charge in [-0.15, -0.1) is 0 Å². The first kappa shape index (κ1) is 19.9. The third-order valence-corrected chi connectivity index (χ3v) is 4.82. The lowest BCUT2D eigenvalue weighted by Gasteiger charge is -2.14. The van der Waals surface area contributed by atoms with Gasteiger partial charge in [0.25, 0.3) is 0 Å². The van der Waals surface area contributed by atoms with Crippen molar-refractivity contribution >= 4 is 11.9 Å². The van der Waals surface area contributed by atoms with Gasteiger partial charge in [0.2, 0.25) is 5.91 Å². The molecule has 0 bridgehead atoms. The minimum atomic E-state index is -4.45. The number of rotatable bonds is 6. The van der Waals surface area contributed by atoms with Gasteiger partial charge in [-0.05, 0) is 41.7 Å². The summed E-state index contributed by atoms with van der Waals surface area (Å²) in [6.45, 7) is -0.189. The van der Waals surface area contributed by atoms with Crippen molar-refractivity contribution in [2.75, 3.05) is 6.54 Å². The number of hydrogen-bond acceptors (Lipinski definition) is 2. The van der Waals surface area contributed by atoms with E-state index in [0.717, 1.165) is 24.3 Å². The van der Waals surface area contributed by atoms with Gasteiger partial charge in [-0.1, -0.05) is 30.3 Å². The Morgan fingerprint density at radius 3 is 2.43 bits per heavy atom. The van der Waals surface area contributed by atoms with Gasteiger partial charge in [-0.3, -0.25) is 9.59 Å². The van der Waals surface area contributed by atoms with Crippen molar-refractivity contribution in [1.82, 2.24) is 5.32 Å². The van der Waals surface area contributed by atoms with E-state index < -0.39 is 41.3 Å². The normalized spacial score (nSPS) is 19.7. The SMILES string of the molecule is O=C(O)C(CNC(=O)C1CC1c1cccc(C(F)(F)F)c1)c1ccc(F)cc1. The molecule has 1 aliphatic carbocycles. The molecule has 0 spiro atoms. The fourth-order valence-corrected chi connectivity index (χ4v) is 3.18. The van der Waals surface area contributed by atoms with E-state index in [4.69, 9.17) is 0 Å². The van der Waals surface area contributed by atoms with E-state index in [2.05, 4.69) is 5.32 Å². The second-order valence-corrected chi connectivity index (χ2v) is 6.76. The maximum Gasteiger partial charge on any atom is 0.416 e. The molecule has 2 aromatic rings. The summed E-state index contributed by atoms with van der Waals surface area (Å²) in [6, 6.07) is 9.81. The predicted octanol–water partition coefficient (Wildman–Crippen LogP) is 3.93. The first-order valence-electron chi connectivity index (χ1n) is 8.60. The molecule has 0 aliphatic heterocycles. The molecule has 2 aromatic carbocycles. The first-order valence-corrected chi connectivity index (χ1v) is 8.60. The smallest absolute Gasteiger partial charge is 0.416 e. The van der Waals surface area contributed by atoms with E-state index in [1.807, 2.05) is 0 Å². The van der Waals surface area contributed by atoms with Crippen molar-refractivity contribution in [3.8, 4) is 0 Å². The molecule has 1 aliphatic rings. The van der Waals surface area contributed by atoms with Crippen LogP contribution in [0.1, 0.15) is 34.9 Å². The van der Waals surface area contributed by atoms with Crippen LogP contribution in [0.15, 0.2) is 48.5 Å². The van der Waals surface area contributed by atoms with Crippen LogP contribution in [0, 0.1) is 11.7 Å². The summed E-state index contributed by atoms with van der Waals surface area (Å²) >= 11 is 0. The minimum Gasteiger partial charge on any atom is -0.481 e. The number of carbonyl (C=O) groups is 2. The fraction of sp³-hybridized carbons (Fsp3) is 0.300. The number of carboxylic acid groups (broad SMARTS) is 1. The highest BCUT2D eigenvalue weighted by Gasteiger charge is 2.44. The van der Waals surface area contributed by atoms with Crippen molar-refractivity contribution in [1.29, 1.82) is 0 Å². The molecule has 1 saturated carbocycles. The summed E-state index contributed by atoms with van der Waals surface area (Å²) in [6.07, 6.45) is -4.05. The van der Waals surface area contributed by atoms with Crippen LogP contribution in [0.3, 0.4) is 0 Å². The summed E-state index contributed by atoms with van der Waals surface area (Å²) in [5.74, 6) is -3.94. The monoisotopic (exact) mass is 395 g/mol. The topological polar surface area (TPSA) is 66.4 Å². The van der Waals surface area contributed by atoms with E-state index in [0.29, 0.717) is 17.5 Å². The van der Waals surface area contributed by atoms with Gasteiger partial charge in [0.1, 0.15) is 5.82 Å². The second kappa shape index (κ2) is 7.61. The number of halogens is 4. The Hall–Kier alpha value is -2.90. The van der Waals surface area contributed by atoms with E-state index >= 15 is 0 Å². The third-order valence-electron chi connectivity index (χ3n) is 4.82. The summed E-state index contributed by atoms with van der Waals surface area (Å²) < 4.78 is 51.5.